The van der Waals surface area contributed by atoms with Gasteiger partial charge >= 0.3 is 0 Å². The molecule has 0 bridgehead atoms. The fraction of sp³-hybridized carbons (Fsp3) is 0.440. The fourth-order valence-electron chi connectivity index (χ4n) is 3.20. The molecule has 8 nitrogen and oxygen atoms in total. The van der Waals surface area contributed by atoms with Gasteiger partial charge in [-0.1, -0.05) is 40.7 Å². The van der Waals surface area contributed by atoms with E-state index in [2.05, 4.69) is 35.5 Å². The molecule has 0 fully saturated rings. The van der Waals surface area contributed by atoms with Crippen LogP contribution in [0.1, 0.15) is 41.5 Å². The number of hydrogen-bond donors (Lipinski definition) is 2. The lowest BCUT2D eigenvalue weighted by Crippen LogP contribution is -2.32. The number of ether oxygens (including phenoxy) is 1. The lowest BCUT2D eigenvalue weighted by atomic mass is 9.95. The number of thiazole rings is 1. The van der Waals surface area contributed by atoms with Crippen LogP contribution >= 0.6 is 11.3 Å². The van der Waals surface area contributed by atoms with Gasteiger partial charge < -0.3 is 15.4 Å². The maximum atomic E-state index is 13.0. The predicted molar refractivity (Wildman–Crippen MR) is 137 cm³/mol. The Labute approximate surface area is 203 Å². The van der Waals surface area contributed by atoms with E-state index in [1.807, 2.05) is 45.9 Å². The average molecular weight is 482 g/mol. The first-order valence-electron chi connectivity index (χ1n) is 11.3. The molecule has 0 radical (unpaired) electrons. The SMILES string of the molecule is CCn1c(=O)/c(=C\Nc2cccc(NC(=O)C(C)(C)C)c2)s/c1=C(/C#N)C1=N[C@@H](C(C)C)CO1. The van der Waals surface area contributed by atoms with Crippen LogP contribution in [0.5, 0.6) is 0 Å². The molecule has 0 saturated carbocycles. The number of aliphatic imine (C=N–C) groups is 1. The van der Waals surface area contributed by atoms with Gasteiger partial charge in [0.2, 0.25) is 11.8 Å². The Morgan fingerprint density at radius 1 is 1.38 bits per heavy atom. The van der Waals surface area contributed by atoms with Crippen molar-refractivity contribution in [3.63, 3.8) is 0 Å². The second kappa shape index (κ2) is 10.3. The van der Waals surface area contributed by atoms with E-state index in [-0.39, 0.29) is 23.1 Å². The molecule has 0 aliphatic carbocycles. The predicted octanol–water partition coefficient (Wildman–Crippen LogP) is 2.89. The summed E-state index contributed by atoms with van der Waals surface area (Å²) in [6, 6.07) is 9.45. The molecule has 9 heteroatoms. The maximum Gasteiger partial charge on any atom is 0.270 e. The number of nitrogens with zero attached hydrogens (tertiary/aromatic N) is 3. The molecule has 0 unspecified atom stereocenters. The van der Waals surface area contributed by atoms with Crippen LogP contribution in [0.3, 0.4) is 0 Å². The van der Waals surface area contributed by atoms with E-state index >= 15 is 0 Å². The number of nitrogens with one attached hydrogen (secondary N) is 2. The van der Waals surface area contributed by atoms with Crippen molar-refractivity contribution in [1.29, 1.82) is 5.26 Å². The van der Waals surface area contributed by atoms with Crippen molar-refractivity contribution in [2.45, 2.75) is 54.1 Å². The van der Waals surface area contributed by atoms with Gasteiger partial charge in [-0.05, 0) is 31.0 Å². The Hall–Kier alpha value is -3.38. The lowest BCUT2D eigenvalue weighted by molar-refractivity contribution is -0.123. The highest BCUT2D eigenvalue weighted by Gasteiger charge is 2.26. The van der Waals surface area contributed by atoms with E-state index in [4.69, 9.17) is 4.74 Å². The summed E-state index contributed by atoms with van der Waals surface area (Å²) in [5.41, 5.74) is 0.952. The zero-order valence-corrected chi connectivity index (χ0v) is 21.2. The summed E-state index contributed by atoms with van der Waals surface area (Å²) < 4.78 is 8.24. The highest BCUT2D eigenvalue weighted by Crippen LogP contribution is 2.20. The third kappa shape index (κ3) is 5.57. The Bertz CT molecular complexity index is 1320. The van der Waals surface area contributed by atoms with E-state index in [0.717, 1.165) is 5.69 Å². The molecule has 1 aromatic carbocycles. The molecule has 1 atom stereocenters. The monoisotopic (exact) mass is 481 g/mol. The Kier molecular flexibility index (Phi) is 7.62. The van der Waals surface area contributed by atoms with Gasteiger partial charge in [0.15, 0.2) is 0 Å². The van der Waals surface area contributed by atoms with Crippen LogP contribution < -0.4 is 25.4 Å². The van der Waals surface area contributed by atoms with Crippen molar-refractivity contribution in [3.8, 4) is 6.07 Å². The zero-order valence-electron chi connectivity index (χ0n) is 20.4. The molecule has 2 N–H and O–H groups in total. The number of aromatic nitrogens is 1. The third-order valence-electron chi connectivity index (χ3n) is 5.38. The molecule has 34 heavy (non-hydrogen) atoms. The van der Waals surface area contributed by atoms with Crippen molar-refractivity contribution in [1.82, 2.24) is 4.57 Å². The topological polar surface area (TPSA) is 109 Å². The van der Waals surface area contributed by atoms with Crippen molar-refractivity contribution >= 4 is 46.3 Å². The minimum atomic E-state index is -0.508. The maximum absolute atomic E-state index is 13.0. The van der Waals surface area contributed by atoms with E-state index in [1.165, 1.54) is 11.3 Å². The van der Waals surface area contributed by atoms with E-state index in [9.17, 15) is 14.9 Å². The van der Waals surface area contributed by atoms with Crippen LogP contribution in [0.25, 0.3) is 11.8 Å². The van der Waals surface area contributed by atoms with Gasteiger partial charge in [-0.2, -0.15) is 5.26 Å². The summed E-state index contributed by atoms with van der Waals surface area (Å²) in [6.07, 6.45) is 1.62. The molecule has 1 aliphatic heterocycles. The smallest absolute Gasteiger partial charge is 0.270 e. The largest absolute Gasteiger partial charge is 0.475 e. The van der Waals surface area contributed by atoms with Crippen molar-refractivity contribution in [2.75, 3.05) is 17.2 Å². The van der Waals surface area contributed by atoms with E-state index in [0.29, 0.717) is 39.8 Å². The first-order valence-corrected chi connectivity index (χ1v) is 12.1. The summed E-state index contributed by atoms with van der Waals surface area (Å²) >= 11 is 1.22. The molecule has 0 saturated heterocycles. The van der Waals surface area contributed by atoms with Gasteiger partial charge in [-0.3, -0.25) is 14.2 Å². The highest BCUT2D eigenvalue weighted by molar-refractivity contribution is 7.07. The van der Waals surface area contributed by atoms with Gasteiger partial charge in [0.05, 0.1) is 6.04 Å². The molecule has 2 aromatic rings. The molecule has 2 heterocycles. The third-order valence-corrected chi connectivity index (χ3v) is 6.51. The van der Waals surface area contributed by atoms with Crippen LogP contribution in [0.4, 0.5) is 11.4 Å². The molecular weight excluding hydrogens is 450 g/mol. The molecule has 1 aliphatic rings. The number of carbonyl (C=O) groups is 1. The standard InChI is InChI=1S/C25H31N5O3S/c1-7-30-22(31)20(34-23(30)18(12-26)21-29-19(14-33-21)15(2)3)13-27-16-9-8-10-17(11-16)28-24(32)25(4,5)6/h8-11,13,15,19,27H,7,14H2,1-6H3,(H,28,32)/b20-13+,23-18-/t19-/m1/s1. The Balaban J connectivity index is 1.97. The van der Waals surface area contributed by atoms with Crippen LogP contribution in [-0.2, 0) is 16.1 Å². The van der Waals surface area contributed by atoms with Crippen LogP contribution in [0.2, 0.25) is 0 Å². The van der Waals surface area contributed by atoms with Gasteiger partial charge in [-0.15, -0.1) is 11.3 Å². The minimum absolute atomic E-state index is 0.00105. The van der Waals surface area contributed by atoms with Crippen LogP contribution in [0.15, 0.2) is 34.1 Å². The fourth-order valence-corrected chi connectivity index (χ4v) is 4.28. The lowest BCUT2D eigenvalue weighted by Gasteiger charge is -2.18. The molecule has 180 valence electrons. The number of nitriles is 1. The summed E-state index contributed by atoms with van der Waals surface area (Å²) in [7, 11) is 0. The van der Waals surface area contributed by atoms with E-state index in [1.54, 1.807) is 16.8 Å². The van der Waals surface area contributed by atoms with Gasteiger partial charge in [0.25, 0.3) is 5.56 Å². The summed E-state index contributed by atoms with van der Waals surface area (Å²) in [5, 5.41) is 15.9. The molecule has 0 spiro atoms. The highest BCUT2D eigenvalue weighted by atomic mass is 32.1. The molecule has 1 aromatic heterocycles. The summed E-state index contributed by atoms with van der Waals surface area (Å²) in [6.45, 7) is 12.4. The summed E-state index contributed by atoms with van der Waals surface area (Å²) in [4.78, 5) is 29.8. The zero-order chi connectivity index (χ0) is 25.0. The van der Waals surface area contributed by atoms with Crippen LogP contribution in [0, 0.1) is 22.7 Å². The Morgan fingerprint density at radius 3 is 2.68 bits per heavy atom. The number of anilines is 2. The first kappa shape index (κ1) is 25.2. The van der Waals surface area contributed by atoms with Crippen molar-refractivity contribution < 1.29 is 9.53 Å². The van der Waals surface area contributed by atoms with Crippen LogP contribution in [-0.4, -0.2) is 29.0 Å². The minimum Gasteiger partial charge on any atom is -0.475 e. The summed E-state index contributed by atoms with van der Waals surface area (Å²) in [5.74, 6) is 0.510. The van der Waals surface area contributed by atoms with Crippen molar-refractivity contribution in [3.05, 3.63) is 43.8 Å². The molecular formula is C25H31N5O3S. The molecule has 1 amide bonds. The van der Waals surface area contributed by atoms with Gasteiger partial charge in [0, 0.05) is 29.5 Å². The first-order chi connectivity index (χ1) is 16.0. The van der Waals surface area contributed by atoms with E-state index < -0.39 is 5.41 Å². The second-order valence-electron chi connectivity index (χ2n) is 9.44. The number of carbonyl (C=O) groups excluding carboxylic acids is 1. The molecule has 3 rings (SSSR count). The second-order valence-corrected chi connectivity index (χ2v) is 10.5. The number of hydrogen-bond acceptors (Lipinski definition) is 7. The number of amides is 1. The van der Waals surface area contributed by atoms with Crippen molar-refractivity contribution in [2.24, 2.45) is 16.3 Å². The normalized spacial score (nSPS) is 17.2. The average Bonchev–Trinajstić information content (AvgIpc) is 3.38. The quantitative estimate of drug-likeness (QED) is 0.660. The van der Waals surface area contributed by atoms with Gasteiger partial charge in [0.1, 0.15) is 27.4 Å². The number of benzene rings is 1. The van der Waals surface area contributed by atoms with Gasteiger partial charge in [-0.25, -0.2) is 4.99 Å². The Morgan fingerprint density at radius 2 is 2.09 bits per heavy atom. The number of rotatable bonds is 6.